The summed E-state index contributed by atoms with van der Waals surface area (Å²) in [6.45, 7) is 16.7. The number of pyridine rings is 3. The molecule has 0 atom stereocenters. The summed E-state index contributed by atoms with van der Waals surface area (Å²) in [6, 6.07) is 114. The first-order valence-electron chi connectivity index (χ1n) is 39.2. The Labute approximate surface area is 698 Å². The number of benzene rings is 12. The Balaban J connectivity index is 0.000000162. The Morgan fingerprint density at radius 2 is 0.475 bits per heavy atom. The number of hydrogen-bond acceptors (Lipinski definition) is 13. The lowest BCUT2D eigenvalue weighted by Crippen LogP contribution is -2.41. The molecule has 16 heteroatoms. The number of aromatic nitrogens is 9. The fourth-order valence-corrected chi connectivity index (χ4v) is 14.9. The summed E-state index contributed by atoms with van der Waals surface area (Å²) in [4.78, 5) is 42.7. The van der Waals surface area contributed by atoms with Gasteiger partial charge in [0.1, 0.15) is 4.60 Å². The summed E-state index contributed by atoms with van der Waals surface area (Å²) in [5.41, 5.74) is 18.4. The Morgan fingerprint density at radius 1 is 0.229 bits per heavy atom. The summed E-state index contributed by atoms with van der Waals surface area (Å²) in [5, 5.41) is 4.62. The van der Waals surface area contributed by atoms with Crippen LogP contribution in [0, 0.1) is 0 Å². The average Bonchev–Trinajstić information content (AvgIpc) is 1.43. The summed E-state index contributed by atoms with van der Waals surface area (Å²) in [6.07, 6.45) is 5.41. The summed E-state index contributed by atoms with van der Waals surface area (Å²) < 4.78 is 27.2. The maximum Gasteiger partial charge on any atom is 0.494 e. The van der Waals surface area contributed by atoms with Gasteiger partial charge in [-0.05, 0) is 203 Å². The number of nitrogens with zero attached hydrogens (tertiary/aromatic N) is 9. The molecule has 0 bridgehead atoms. The second-order valence-electron chi connectivity index (χ2n) is 31.1. The molecule has 0 unspecified atom stereocenters. The molecule has 0 aliphatic carbocycles. The molecule has 17 aromatic rings. The molecule has 7 heterocycles. The molecule has 2 aliphatic rings. The molecule has 12 aromatic carbocycles. The Kier molecular flexibility index (Phi) is 22.6. The fourth-order valence-electron chi connectivity index (χ4n) is 14.6. The largest absolute Gasteiger partial charge is 0.494 e. The van der Waals surface area contributed by atoms with E-state index in [-0.39, 0.29) is 7.43 Å². The van der Waals surface area contributed by atoms with Gasteiger partial charge in [-0.3, -0.25) is 9.97 Å². The van der Waals surface area contributed by atoms with Gasteiger partial charge in [0.25, 0.3) is 0 Å². The van der Waals surface area contributed by atoms with E-state index in [0.717, 1.165) is 127 Å². The maximum atomic E-state index is 6.59. The molecule has 19 rings (SSSR count). The van der Waals surface area contributed by atoms with Gasteiger partial charge in [0.15, 0.2) is 34.9 Å². The lowest BCUT2D eigenvalue weighted by atomic mass is 9.70. The third kappa shape index (κ3) is 16.8. The number of rotatable bonds is 14. The van der Waals surface area contributed by atoms with Gasteiger partial charge in [-0.2, -0.15) is 0 Å². The van der Waals surface area contributed by atoms with Crippen LogP contribution in [-0.4, -0.2) is 81.5 Å². The average molecular weight is 1600 g/mol. The van der Waals surface area contributed by atoms with Crippen molar-refractivity contribution < 1.29 is 18.6 Å². The first-order chi connectivity index (χ1) is 56.8. The maximum absolute atomic E-state index is 6.59. The van der Waals surface area contributed by atoms with Crippen LogP contribution in [0.5, 0.6) is 0 Å². The minimum absolute atomic E-state index is 0. The molecule has 5 aromatic heterocycles. The highest BCUT2D eigenvalue weighted by Gasteiger charge is 2.54. The van der Waals surface area contributed by atoms with Crippen LogP contribution < -0.4 is 10.9 Å². The van der Waals surface area contributed by atoms with E-state index in [1.54, 1.807) is 6.20 Å². The van der Waals surface area contributed by atoms with Gasteiger partial charge in [0.05, 0.1) is 33.8 Å². The SMILES string of the molecule is Brc1ccccn1.C.CC1(C)OB(c2cc(B3OC(C)(C)C(C)(C)O3)cc(-c3ccc(-c4ccc(-c5nc(-c6ccccc6)nc(-c6ccccc6)n5)cc4)c4ccccc34)c2)OC1(C)C.c1ccc(-c2nc(-c3ccccc3)nc(-c3ccc(-c4ccc(-c5cc(-c6ccccn6)cc(-c6ccccn6)c5)c5ccccc45)cc3)n2)cc1. The normalized spacial score (nSPS) is 14.2. The van der Waals surface area contributed by atoms with Gasteiger partial charge in [-0.15, -0.1) is 0 Å². The Bertz CT molecular complexity index is 6140. The van der Waals surface area contributed by atoms with Crippen molar-refractivity contribution in [2.24, 2.45) is 0 Å². The number of hydrogen-bond donors (Lipinski definition) is 0. The van der Waals surface area contributed by atoms with Crippen LogP contribution >= 0.6 is 15.9 Å². The van der Waals surface area contributed by atoms with Crippen molar-refractivity contribution in [2.45, 2.75) is 85.2 Å². The van der Waals surface area contributed by atoms with Crippen LogP contribution in [-0.2, 0) is 18.6 Å². The fraction of sp³-hybridized carbons (Fsp3) is 0.127. The van der Waals surface area contributed by atoms with E-state index < -0.39 is 36.6 Å². The second kappa shape index (κ2) is 33.7. The zero-order chi connectivity index (χ0) is 80.3. The van der Waals surface area contributed by atoms with Crippen molar-refractivity contribution in [3.05, 3.63) is 357 Å². The summed E-state index contributed by atoms with van der Waals surface area (Å²) in [7, 11) is -1.10. The zero-order valence-electron chi connectivity index (χ0n) is 66.2. The third-order valence-corrected chi connectivity index (χ3v) is 22.8. The van der Waals surface area contributed by atoms with Gasteiger partial charge in [-0.25, -0.2) is 34.9 Å². The highest BCUT2D eigenvalue weighted by molar-refractivity contribution is 9.10. The molecule has 0 amide bonds. The van der Waals surface area contributed by atoms with Crippen molar-refractivity contribution in [2.75, 3.05) is 0 Å². The van der Waals surface area contributed by atoms with Crippen LogP contribution in [0.25, 0.3) is 157 Å². The van der Waals surface area contributed by atoms with Crippen molar-refractivity contribution in [3.8, 4) is 135 Å². The standard InChI is InChI=1S/C49H47B2N3O4.C47H31N5.C5H4BrN.CH4/c1-46(2)47(3,4)56-50(55-46)37-29-36(30-38(31-37)51-57-48(5,6)49(7,8)58-51)40-28-27-39(41-21-15-16-22-42(40)41)32-23-25-35(26-24-32)45-53-43(33-17-11-9-12-18-33)52-44(54-45)34-19-13-10-14-20-34;1-3-13-33(14-4-1)45-50-46(34-15-5-2-6-16-34)52-47(51-45)35-23-21-32(22-24-35)39-25-26-40(42-18-8-7-17-41(39)42)36-29-37(43-19-9-11-27-48-43)31-38(30-36)44-20-10-12-28-49-44;6-5-3-1-2-4-7-5;/h9-31H,1-8H3;1-31H;1-4H;1H4. The number of fused-ring (bicyclic) bond motifs is 2. The van der Waals surface area contributed by atoms with Crippen LogP contribution in [0.1, 0.15) is 62.8 Å². The third-order valence-electron chi connectivity index (χ3n) is 22.3. The minimum atomic E-state index is -0.549. The highest BCUT2D eigenvalue weighted by atomic mass is 79.9. The van der Waals surface area contributed by atoms with Gasteiger partial charge < -0.3 is 18.6 Å². The summed E-state index contributed by atoms with van der Waals surface area (Å²) >= 11 is 3.20. The molecule has 2 saturated heterocycles. The van der Waals surface area contributed by atoms with Crippen LogP contribution in [0.15, 0.2) is 357 Å². The first kappa shape index (κ1) is 78.9. The topological polar surface area (TPSA) is 153 Å². The van der Waals surface area contributed by atoms with Crippen LogP contribution in [0.4, 0.5) is 0 Å². The van der Waals surface area contributed by atoms with Gasteiger partial charge >= 0.3 is 14.2 Å². The predicted molar refractivity (Wildman–Crippen MR) is 486 cm³/mol. The van der Waals surface area contributed by atoms with Crippen LogP contribution in [0.2, 0.25) is 0 Å². The second-order valence-corrected chi connectivity index (χ2v) is 31.9. The molecular formula is C102H86B2BrN9O4. The van der Waals surface area contributed by atoms with E-state index in [1.807, 2.05) is 188 Å². The smallest absolute Gasteiger partial charge is 0.399 e. The first-order valence-corrected chi connectivity index (χ1v) is 40.0. The molecule has 0 N–H and O–H groups in total. The quantitative estimate of drug-likeness (QED) is 0.0750. The zero-order valence-corrected chi connectivity index (χ0v) is 67.8. The van der Waals surface area contributed by atoms with Crippen molar-refractivity contribution >= 4 is 62.6 Å². The summed E-state index contributed by atoms with van der Waals surface area (Å²) in [5.74, 6) is 3.83. The molecule has 13 nitrogen and oxygen atoms in total. The molecule has 2 aliphatic heterocycles. The molecular weight excluding hydrogens is 1520 g/mol. The van der Waals surface area contributed by atoms with Gasteiger partial charge in [-0.1, -0.05) is 286 Å². The molecule has 576 valence electrons. The van der Waals surface area contributed by atoms with E-state index in [0.29, 0.717) is 34.9 Å². The van der Waals surface area contributed by atoms with E-state index >= 15 is 0 Å². The Morgan fingerprint density at radius 3 is 0.746 bits per heavy atom. The van der Waals surface area contributed by atoms with E-state index in [9.17, 15) is 0 Å². The van der Waals surface area contributed by atoms with Gasteiger partial charge in [0, 0.05) is 63.1 Å². The molecule has 0 radical (unpaired) electrons. The monoisotopic (exact) mass is 1600 g/mol. The van der Waals surface area contributed by atoms with Crippen LogP contribution in [0.3, 0.4) is 0 Å². The predicted octanol–water partition coefficient (Wildman–Crippen LogP) is 23.9. The van der Waals surface area contributed by atoms with E-state index in [1.165, 1.54) is 10.8 Å². The van der Waals surface area contributed by atoms with E-state index in [2.05, 4.69) is 244 Å². The van der Waals surface area contributed by atoms with Crippen molar-refractivity contribution in [3.63, 3.8) is 0 Å². The lowest BCUT2D eigenvalue weighted by Gasteiger charge is -2.32. The van der Waals surface area contributed by atoms with Crippen molar-refractivity contribution in [1.82, 2.24) is 44.9 Å². The molecule has 118 heavy (non-hydrogen) atoms. The van der Waals surface area contributed by atoms with E-state index in [4.69, 9.17) is 48.5 Å². The highest BCUT2D eigenvalue weighted by Crippen LogP contribution is 2.44. The van der Waals surface area contributed by atoms with Gasteiger partial charge in [0.2, 0.25) is 0 Å². The van der Waals surface area contributed by atoms with Crippen molar-refractivity contribution in [1.29, 1.82) is 0 Å². The Hall–Kier alpha value is -12.9. The molecule has 0 spiro atoms. The molecule has 2 fully saturated rings. The lowest BCUT2D eigenvalue weighted by molar-refractivity contribution is 0.00578. The number of halogens is 1. The molecule has 0 saturated carbocycles. The minimum Gasteiger partial charge on any atom is -0.399 e.